The largest absolute Gasteiger partial charge is 0.383 e. The molecule has 2 aromatic carbocycles. The number of nitrogens with two attached hydrogens (primary N) is 1. The summed E-state index contributed by atoms with van der Waals surface area (Å²) in [5.41, 5.74) is 11.6. The molecule has 0 spiro atoms. The number of nitrogens with zero attached hydrogens (tertiary/aromatic N) is 2. The number of halogens is 1. The quantitative estimate of drug-likeness (QED) is 0.621. The SMILES string of the molecule is C[C@@H]1CCCN1c1ccc(-c2cc(-c3ccc4c(c3)CCNC4=O)c(N)nc2F)cc1. The monoisotopic (exact) mass is 416 g/mol. The molecule has 2 aliphatic rings. The van der Waals surface area contributed by atoms with Crippen molar-refractivity contribution in [2.24, 2.45) is 0 Å². The van der Waals surface area contributed by atoms with Crippen molar-refractivity contribution in [1.29, 1.82) is 0 Å². The van der Waals surface area contributed by atoms with Gasteiger partial charge in [0.05, 0.1) is 0 Å². The predicted molar refractivity (Wildman–Crippen MR) is 122 cm³/mol. The Morgan fingerprint density at radius 2 is 1.84 bits per heavy atom. The minimum Gasteiger partial charge on any atom is -0.383 e. The van der Waals surface area contributed by atoms with E-state index in [2.05, 4.69) is 22.1 Å². The van der Waals surface area contributed by atoms with Gasteiger partial charge in [-0.1, -0.05) is 24.3 Å². The van der Waals surface area contributed by atoms with Crippen LogP contribution in [0.5, 0.6) is 0 Å². The second-order valence-electron chi connectivity index (χ2n) is 8.37. The van der Waals surface area contributed by atoms with E-state index in [4.69, 9.17) is 5.73 Å². The fraction of sp³-hybridized carbons (Fsp3) is 0.280. The number of carbonyl (C=O) groups is 1. The van der Waals surface area contributed by atoms with Crippen molar-refractivity contribution in [3.8, 4) is 22.3 Å². The van der Waals surface area contributed by atoms with E-state index in [0.29, 0.717) is 29.3 Å². The first kappa shape index (κ1) is 19.5. The summed E-state index contributed by atoms with van der Waals surface area (Å²) in [6.07, 6.45) is 3.15. The molecule has 3 N–H and O–H groups in total. The molecule has 0 unspecified atom stereocenters. The first-order chi connectivity index (χ1) is 15.0. The molecule has 0 saturated carbocycles. The number of carbonyl (C=O) groups excluding carboxylic acids is 1. The van der Waals surface area contributed by atoms with Crippen molar-refractivity contribution in [1.82, 2.24) is 10.3 Å². The average molecular weight is 417 g/mol. The van der Waals surface area contributed by atoms with Gasteiger partial charge in [-0.25, -0.2) is 4.98 Å². The van der Waals surface area contributed by atoms with E-state index in [1.165, 1.54) is 12.8 Å². The Bertz CT molecular complexity index is 1160. The van der Waals surface area contributed by atoms with Gasteiger partial charge < -0.3 is 16.0 Å². The van der Waals surface area contributed by atoms with Gasteiger partial charge in [0.1, 0.15) is 5.82 Å². The minimum atomic E-state index is -0.583. The molecular formula is C25H25FN4O. The summed E-state index contributed by atoms with van der Waals surface area (Å²) in [6, 6.07) is 15.9. The molecular weight excluding hydrogens is 391 g/mol. The Morgan fingerprint density at radius 1 is 1.06 bits per heavy atom. The number of fused-ring (bicyclic) bond motifs is 1. The smallest absolute Gasteiger partial charge is 0.251 e. The van der Waals surface area contributed by atoms with Crippen molar-refractivity contribution in [3.05, 3.63) is 65.6 Å². The molecule has 3 aromatic rings. The lowest BCUT2D eigenvalue weighted by atomic mass is 9.94. The van der Waals surface area contributed by atoms with Crippen LogP contribution >= 0.6 is 0 Å². The van der Waals surface area contributed by atoms with Gasteiger partial charge in [-0.05, 0) is 67.1 Å². The van der Waals surface area contributed by atoms with Gasteiger partial charge in [0.25, 0.3) is 5.91 Å². The van der Waals surface area contributed by atoms with Crippen LogP contribution in [0.3, 0.4) is 0 Å². The number of hydrogen-bond acceptors (Lipinski definition) is 4. The van der Waals surface area contributed by atoms with Crippen molar-refractivity contribution in [3.63, 3.8) is 0 Å². The van der Waals surface area contributed by atoms with Gasteiger partial charge in [0, 0.05) is 41.5 Å². The standard InChI is InChI=1S/C25H25FN4O/c1-15-3-2-12-30(15)19-7-4-16(5-8-19)21-14-22(24(27)29-23(21)26)17-6-9-20-18(13-17)10-11-28-25(20)31/h4-9,13-15H,2-3,10-12H2,1H3,(H2,27,29)(H,28,31)/t15-/m1/s1. The molecule has 31 heavy (non-hydrogen) atoms. The Morgan fingerprint density at radius 3 is 2.58 bits per heavy atom. The second-order valence-corrected chi connectivity index (χ2v) is 8.37. The second kappa shape index (κ2) is 7.69. The number of rotatable bonds is 3. The van der Waals surface area contributed by atoms with E-state index in [1.807, 2.05) is 36.4 Å². The number of benzene rings is 2. The number of aromatic nitrogens is 1. The van der Waals surface area contributed by atoms with Gasteiger partial charge in [-0.15, -0.1) is 0 Å². The Kier molecular flexibility index (Phi) is 4.85. The van der Waals surface area contributed by atoms with Crippen LogP contribution in [0.4, 0.5) is 15.9 Å². The maximum atomic E-state index is 14.8. The summed E-state index contributed by atoms with van der Waals surface area (Å²) < 4.78 is 14.8. The molecule has 5 rings (SSSR count). The molecule has 1 saturated heterocycles. The Hall–Kier alpha value is -3.41. The van der Waals surface area contributed by atoms with Crippen molar-refractivity contribution < 1.29 is 9.18 Å². The molecule has 1 fully saturated rings. The molecule has 158 valence electrons. The molecule has 2 aliphatic heterocycles. The highest BCUT2D eigenvalue weighted by Crippen LogP contribution is 2.34. The van der Waals surface area contributed by atoms with Crippen LogP contribution in [0.1, 0.15) is 35.7 Å². The lowest BCUT2D eigenvalue weighted by Gasteiger charge is -2.24. The number of nitrogen functional groups attached to an aromatic ring is 1. The van der Waals surface area contributed by atoms with Crippen LogP contribution in [0.25, 0.3) is 22.3 Å². The fourth-order valence-electron chi connectivity index (χ4n) is 4.68. The Labute approximate surface area is 181 Å². The van der Waals surface area contributed by atoms with Crippen LogP contribution in [0, 0.1) is 5.95 Å². The third-order valence-electron chi connectivity index (χ3n) is 6.41. The highest BCUT2D eigenvalue weighted by molar-refractivity contribution is 5.97. The number of anilines is 2. The van der Waals surface area contributed by atoms with E-state index in [0.717, 1.165) is 35.3 Å². The zero-order valence-electron chi connectivity index (χ0n) is 17.5. The molecule has 3 heterocycles. The molecule has 0 bridgehead atoms. The number of amides is 1. The minimum absolute atomic E-state index is 0.0638. The normalized spacial score (nSPS) is 18.1. The van der Waals surface area contributed by atoms with Crippen LogP contribution in [-0.2, 0) is 6.42 Å². The van der Waals surface area contributed by atoms with Crippen LogP contribution in [-0.4, -0.2) is 30.0 Å². The number of hydrogen-bond donors (Lipinski definition) is 2. The fourth-order valence-corrected chi connectivity index (χ4v) is 4.68. The van der Waals surface area contributed by atoms with Gasteiger partial charge in [0.15, 0.2) is 0 Å². The first-order valence-electron chi connectivity index (χ1n) is 10.8. The zero-order chi connectivity index (χ0) is 21.5. The first-order valence-corrected chi connectivity index (χ1v) is 10.8. The molecule has 6 heteroatoms. The summed E-state index contributed by atoms with van der Waals surface area (Å²) >= 11 is 0. The molecule has 0 radical (unpaired) electrons. The summed E-state index contributed by atoms with van der Waals surface area (Å²) in [5, 5.41) is 2.85. The zero-order valence-corrected chi connectivity index (χ0v) is 17.5. The third-order valence-corrected chi connectivity index (χ3v) is 6.41. The van der Waals surface area contributed by atoms with Crippen molar-refractivity contribution in [2.75, 3.05) is 23.7 Å². The summed E-state index contributed by atoms with van der Waals surface area (Å²) in [4.78, 5) is 18.4. The van der Waals surface area contributed by atoms with Gasteiger partial charge in [0.2, 0.25) is 5.95 Å². The van der Waals surface area contributed by atoms with E-state index in [9.17, 15) is 9.18 Å². The molecule has 1 aromatic heterocycles. The summed E-state index contributed by atoms with van der Waals surface area (Å²) in [7, 11) is 0. The topological polar surface area (TPSA) is 71.2 Å². The Balaban J connectivity index is 1.51. The molecule has 1 atom stereocenters. The molecule has 5 nitrogen and oxygen atoms in total. The highest BCUT2D eigenvalue weighted by Gasteiger charge is 2.21. The van der Waals surface area contributed by atoms with Crippen molar-refractivity contribution in [2.45, 2.75) is 32.2 Å². The van der Waals surface area contributed by atoms with E-state index in [-0.39, 0.29) is 11.7 Å². The van der Waals surface area contributed by atoms with E-state index < -0.39 is 5.95 Å². The maximum Gasteiger partial charge on any atom is 0.251 e. The van der Waals surface area contributed by atoms with Gasteiger partial charge >= 0.3 is 0 Å². The third kappa shape index (κ3) is 3.52. The number of nitrogens with one attached hydrogen (secondary N) is 1. The van der Waals surface area contributed by atoms with Crippen LogP contribution in [0.15, 0.2) is 48.5 Å². The lowest BCUT2D eigenvalue weighted by Crippen LogP contribution is -2.31. The predicted octanol–water partition coefficient (Wildman–Crippen LogP) is 4.41. The van der Waals surface area contributed by atoms with Crippen LogP contribution in [0.2, 0.25) is 0 Å². The van der Waals surface area contributed by atoms with Gasteiger partial charge in [-0.3, -0.25) is 4.79 Å². The lowest BCUT2D eigenvalue weighted by molar-refractivity contribution is 0.0946. The maximum absolute atomic E-state index is 14.8. The average Bonchev–Trinajstić information content (AvgIpc) is 3.20. The summed E-state index contributed by atoms with van der Waals surface area (Å²) in [5.74, 6) is -0.504. The summed E-state index contributed by atoms with van der Waals surface area (Å²) in [6.45, 7) is 3.90. The molecule has 1 amide bonds. The van der Waals surface area contributed by atoms with Crippen molar-refractivity contribution >= 4 is 17.4 Å². The highest BCUT2D eigenvalue weighted by atomic mass is 19.1. The van der Waals surface area contributed by atoms with E-state index >= 15 is 0 Å². The van der Waals surface area contributed by atoms with E-state index in [1.54, 1.807) is 12.1 Å². The molecule has 0 aliphatic carbocycles. The van der Waals surface area contributed by atoms with Gasteiger partial charge in [-0.2, -0.15) is 4.39 Å². The van der Waals surface area contributed by atoms with Crippen LogP contribution < -0.4 is 16.0 Å². The number of pyridine rings is 1.